The van der Waals surface area contributed by atoms with Crippen LogP contribution in [0.3, 0.4) is 0 Å². The number of rotatable bonds is 6. The Labute approximate surface area is 84.0 Å². The Bertz CT molecular complexity index is 308. The van der Waals surface area contributed by atoms with E-state index in [1.54, 1.807) is 16.8 Å². The third kappa shape index (κ3) is 3.70. The second-order valence-electron chi connectivity index (χ2n) is 3.20. The molecule has 14 heavy (non-hydrogen) atoms. The van der Waals surface area contributed by atoms with Crippen molar-refractivity contribution in [3.05, 3.63) is 28.9 Å². The summed E-state index contributed by atoms with van der Waals surface area (Å²) < 4.78 is 1.63. The van der Waals surface area contributed by atoms with Gasteiger partial charge in [-0.15, -0.1) is 0 Å². The van der Waals surface area contributed by atoms with Gasteiger partial charge in [0.1, 0.15) is 0 Å². The molecule has 0 unspecified atom stereocenters. The molecule has 1 aromatic rings. The maximum Gasteiger partial charge on any atom is 0.347 e. The fourth-order valence-electron chi connectivity index (χ4n) is 1.23. The molecule has 0 saturated carbocycles. The monoisotopic (exact) mass is 195 g/mol. The van der Waals surface area contributed by atoms with Gasteiger partial charge in [-0.05, 0) is 32.0 Å². The first-order valence-corrected chi connectivity index (χ1v) is 5.06. The van der Waals surface area contributed by atoms with Crippen LogP contribution in [0, 0.1) is 0 Å². The van der Waals surface area contributed by atoms with Crippen molar-refractivity contribution in [2.45, 2.75) is 26.3 Å². The largest absolute Gasteiger partial charge is 0.347 e. The maximum absolute atomic E-state index is 11.2. The van der Waals surface area contributed by atoms with E-state index in [9.17, 15) is 4.79 Å². The number of hydrogen-bond acceptors (Lipinski definition) is 3. The summed E-state index contributed by atoms with van der Waals surface area (Å²) in [6.07, 6.45) is 5.40. The predicted molar refractivity (Wildman–Crippen MR) is 56.3 cm³/mol. The molecule has 0 aliphatic rings. The summed E-state index contributed by atoms with van der Waals surface area (Å²) in [6.45, 7) is 4.87. The van der Waals surface area contributed by atoms with Gasteiger partial charge >= 0.3 is 5.69 Å². The van der Waals surface area contributed by atoms with Gasteiger partial charge in [0.05, 0.1) is 0 Å². The van der Waals surface area contributed by atoms with Gasteiger partial charge in [0, 0.05) is 18.9 Å². The molecule has 1 heterocycles. The first-order valence-electron chi connectivity index (χ1n) is 5.06. The Balaban J connectivity index is 2.25. The van der Waals surface area contributed by atoms with Crippen molar-refractivity contribution in [2.24, 2.45) is 0 Å². The van der Waals surface area contributed by atoms with Crippen LogP contribution in [0.4, 0.5) is 0 Å². The van der Waals surface area contributed by atoms with Gasteiger partial charge in [0.25, 0.3) is 0 Å². The van der Waals surface area contributed by atoms with Gasteiger partial charge in [-0.3, -0.25) is 4.57 Å². The quantitative estimate of drug-likeness (QED) is 0.677. The predicted octanol–water partition coefficient (Wildman–Crippen LogP) is 0.633. The first-order chi connectivity index (χ1) is 6.84. The molecule has 1 N–H and O–H groups in total. The van der Waals surface area contributed by atoms with E-state index in [4.69, 9.17) is 0 Å². The van der Waals surface area contributed by atoms with Crippen LogP contribution >= 0.6 is 0 Å². The minimum Gasteiger partial charge on any atom is -0.317 e. The minimum atomic E-state index is -0.164. The van der Waals surface area contributed by atoms with Crippen LogP contribution in [-0.2, 0) is 6.54 Å². The molecule has 0 aromatic carbocycles. The summed E-state index contributed by atoms with van der Waals surface area (Å²) in [4.78, 5) is 14.9. The number of nitrogens with one attached hydrogen (secondary N) is 1. The number of nitrogens with zero attached hydrogens (tertiary/aromatic N) is 2. The Morgan fingerprint density at radius 1 is 1.50 bits per heavy atom. The van der Waals surface area contributed by atoms with Crippen LogP contribution < -0.4 is 11.0 Å². The van der Waals surface area contributed by atoms with Crippen LogP contribution in [0.15, 0.2) is 23.3 Å². The third-order valence-electron chi connectivity index (χ3n) is 1.96. The summed E-state index contributed by atoms with van der Waals surface area (Å²) in [7, 11) is 0. The molecule has 0 amide bonds. The van der Waals surface area contributed by atoms with Crippen molar-refractivity contribution < 1.29 is 0 Å². The van der Waals surface area contributed by atoms with E-state index in [1.165, 1.54) is 6.20 Å². The summed E-state index contributed by atoms with van der Waals surface area (Å²) >= 11 is 0. The van der Waals surface area contributed by atoms with Crippen LogP contribution in [-0.4, -0.2) is 22.6 Å². The SMILES string of the molecule is CCCNCCCn1cccnc1=O. The van der Waals surface area contributed by atoms with Crippen LogP contribution in [0.2, 0.25) is 0 Å². The number of aromatic nitrogens is 2. The van der Waals surface area contributed by atoms with Gasteiger partial charge in [0.2, 0.25) is 0 Å². The third-order valence-corrected chi connectivity index (χ3v) is 1.96. The number of aryl methyl sites for hydroxylation is 1. The molecule has 0 aliphatic carbocycles. The van der Waals surface area contributed by atoms with Crippen LogP contribution in [0.25, 0.3) is 0 Å². The minimum absolute atomic E-state index is 0.164. The van der Waals surface area contributed by atoms with Crippen molar-refractivity contribution in [3.8, 4) is 0 Å². The van der Waals surface area contributed by atoms with Gasteiger partial charge in [-0.2, -0.15) is 0 Å². The van der Waals surface area contributed by atoms with Crippen LogP contribution in [0.5, 0.6) is 0 Å². The molecule has 0 spiro atoms. The normalized spacial score (nSPS) is 10.4. The molecule has 0 aliphatic heterocycles. The molecular formula is C10H17N3O. The Hall–Kier alpha value is -1.16. The van der Waals surface area contributed by atoms with Gasteiger partial charge in [0.15, 0.2) is 0 Å². The molecule has 0 saturated heterocycles. The summed E-state index contributed by atoms with van der Waals surface area (Å²) in [6, 6.07) is 1.78. The average Bonchev–Trinajstić information content (AvgIpc) is 2.20. The van der Waals surface area contributed by atoms with E-state index in [2.05, 4.69) is 17.2 Å². The fourth-order valence-corrected chi connectivity index (χ4v) is 1.23. The topological polar surface area (TPSA) is 46.9 Å². The van der Waals surface area contributed by atoms with E-state index >= 15 is 0 Å². The second kappa shape index (κ2) is 6.32. The molecule has 4 nitrogen and oxygen atoms in total. The lowest BCUT2D eigenvalue weighted by Crippen LogP contribution is -2.24. The zero-order chi connectivity index (χ0) is 10.2. The molecule has 0 atom stereocenters. The van der Waals surface area contributed by atoms with E-state index in [-0.39, 0.29) is 5.69 Å². The molecule has 1 rings (SSSR count). The Morgan fingerprint density at radius 3 is 3.07 bits per heavy atom. The smallest absolute Gasteiger partial charge is 0.317 e. The fraction of sp³-hybridized carbons (Fsp3) is 0.600. The van der Waals surface area contributed by atoms with Crippen molar-refractivity contribution in [1.82, 2.24) is 14.9 Å². The summed E-state index contributed by atoms with van der Waals surface area (Å²) in [5.41, 5.74) is -0.164. The van der Waals surface area contributed by atoms with E-state index in [0.717, 1.165) is 32.5 Å². The van der Waals surface area contributed by atoms with Crippen molar-refractivity contribution >= 4 is 0 Å². The van der Waals surface area contributed by atoms with Crippen molar-refractivity contribution in [1.29, 1.82) is 0 Å². The molecule has 0 bridgehead atoms. The zero-order valence-corrected chi connectivity index (χ0v) is 8.57. The number of hydrogen-bond donors (Lipinski definition) is 1. The first kappa shape index (κ1) is 10.9. The molecule has 1 aromatic heterocycles. The maximum atomic E-state index is 11.2. The van der Waals surface area contributed by atoms with E-state index in [0.29, 0.717) is 0 Å². The van der Waals surface area contributed by atoms with Crippen molar-refractivity contribution in [3.63, 3.8) is 0 Å². The Kier molecular flexibility index (Phi) is 4.93. The summed E-state index contributed by atoms with van der Waals surface area (Å²) in [5, 5.41) is 3.29. The highest BCUT2D eigenvalue weighted by Gasteiger charge is 1.93. The van der Waals surface area contributed by atoms with E-state index < -0.39 is 0 Å². The average molecular weight is 195 g/mol. The highest BCUT2D eigenvalue weighted by Crippen LogP contribution is 1.84. The zero-order valence-electron chi connectivity index (χ0n) is 8.57. The highest BCUT2D eigenvalue weighted by atomic mass is 16.1. The van der Waals surface area contributed by atoms with Crippen LogP contribution in [0.1, 0.15) is 19.8 Å². The molecule has 4 heteroatoms. The molecule has 0 radical (unpaired) electrons. The lowest BCUT2D eigenvalue weighted by atomic mass is 10.4. The lowest BCUT2D eigenvalue weighted by molar-refractivity contribution is 0.561. The van der Waals surface area contributed by atoms with Gasteiger partial charge in [-0.25, -0.2) is 9.78 Å². The highest BCUT2D eigenvalue weighted by molar-refractivity contribution is 4.80. The molecule has 78 valence electrons. The molecule has 0 fully saturated rings. The van der Waals surface area contributed by atoms with Gasteiger partial charge < -0.3 is 5.32 Å². The second-order valence-corrected chi connectivity index (χ2v) is 3.20. The standard InChI is InChI=1S/C10H17N3O/c1-2-5-11-6-3-8-13-9-4-7-12-10(13)14/h4,7,9,11H,2-3,5-6,8H2,1H3. The van der Waals surface area contributed by atoms with Crippen molar-refractivity contribution in [2.75, 3.05) is 13.1 Å². The lowest BCUT2D eigenvalue weighted by Gasteiger charge is -2.04. The molecular weight excluding hydrogens is 178 g/mol. The van der Waals surface area contributed by atoms with Gasteiger partial charge in [-0.1, -0.05) is 6.92 Å². The summed E-state index contributed by atoms with van der Waals surface area (Å²) in [5.74, 6) is 0. The Morgan fingerprint density at radius 2 is 2.36 bits per heavy atom. The van der Waals surface area contributed by atoms with E-state index in [1.807, 2.05) is 0 Å².